The number of halogens is 1. The number of anilines is 1. The van der Waals surface area contributed by atoms with Crippen LogP contribution in [0.2, 0.25) is 4.34 Å². The molecule has 2 rings (SSSR count). The number of nitrogens with zero attached hydrogens (tertiary/aromatic N) is 3. The van der Waals surface area contributed by atoms with Gasteiger partial charge in [-0.1, -0.05) is 11.6 Å². The molecule has 0 aromatic carbocycles. The van der Waals surface area contributed by atoms with E-state index in [4.69, 9.17) is 16.3 Å². The van der Waals surface area contributed by atoms with Crippen molar-refractivity contribution in [3.05, 3.63) is 16.0 Å². The molecule has 1 fully saturated rings. The summed E-state index contributed by atoms with van der Waals surface area (Å²) in [6.45, 7) is 15.9. The lowest BCUT2D eigenvalue weighted by atomic mass is 10.1. The van der Waals surface area contributed by atoms with E-state index in [0.717, 1.165) is 10.6 Å². The second-order valence-electron chi connectivity index (χ2n) is 8.46. The minimum atomic E-state index is -0.495. The first-order chi connectivity index (χ1) is 12.9. The molecule has 28 heavy (non-hydrogen) atoms. The van der Waals surface area contributed by atoms with Gasteiger partial charge >= 0.3 is 6.09 Å². The van der Waals surface area contributed by atoms with Crippen molar-refractivity contribution in [1.29, 1.82) is 0 Å². The molecular weight excluding hydrogens is 398 g/mol. The summed E-state index contributed by atoms with van der Waals surface area (Å²) in [6, 6.07) is 1.99. The van der Waals surface area contributed by atoms with E-state index in [1.165, 1.54) is 11.3 Å². The van der Waals surface area contributed by atoms with Crippen molar-refractivity contribution >= 4 is 39.9 Å². The fourth-order valence-electron chi connectivity index (χ4n) is 3.56. The van der Waals surface area contributed by atoms with Gasteiger partial charge in [0.1, 0.15) is 5.60 Å². The van der Waals surface area contributed by atoms with E-state index in [-0.39, 0.29) is 24.1 Å². The lowest BCUT2D eigenvalue weighted by molar-refractivity contribution is -0.132. The van der Waals surface area contributed by atoms with Gasteiger partial charge < -0.3 is 19.4 Å². The second-order valence-corrected chi connectivity index (χ2v) is 10.1. The van der Waals surface area contributed by atoms with Gasteiger partial charge in [0.15, 0.2) is 0 Å². The number of ether oxygens (including phenoxy) is 1. The number of amides is 2. The standard InChI is InChI=1S/C20H32ClN3O3S/c1-13(2)24(15(4)25)14(3)16-12-17(21)28-18(16)22-8-10-23(11-9-22)19(26)27-20(5,6)7/h12-14H,8-11H2,1-7H3/t14-/m0/s1. The molecule has 1 aromatic heterocycles. The molecule has 1 aliphatic rings. The van der Waals surface area contributed by atoms with Crippen LogP contribution in [0, 0.1) is 0 Å². The molecule has 0 saturated carbocycles. The number of rotatable bonds is 4. The summed E-state index contributed by atoms with van der Waals surface area (Å²) in [5.74, 6) is 0.0468. The predicted molar refractivity (Wildman–Crippen MR) is 115 cm³/mol. The van der Waals surface area contributed by atoms with Crippen molar-refractivity contribution in [2.24, 2.45) is 0 Å². The molecule has 1 saturated heterocycles. The van der Waals surface area contributed by atoms with Crippen LogP contribution < -0.4 is 4.90 Å². The van der Waals surface area contributed by atoms with E-state index in [1.54, 1.807) is 11.8 Å². The topological polar surface area (TPSA) is 53.1 Å². The molecule has 0 N–H and O–H groups in total. The zero-order chi connectivity index (χ0) is 21.2. The van der Waals surface area contributed by atoms with E-state index in [0.29, 0.717) is 30.5 Å². The fourth-order valence-corrected chi connectivity index (χ4v) is 4.93. The van der Waals surface area contributed by atoms with Crippen LogP contribution in [0.5, 0.6) is 0 Å². The first kappa shape index (κ1) is 22.8. The third kappa shape index (κ3) is 5.54. The number of thiophene rings is 1. The molecule has 0 aliphatic carbocycles. The van der Waals surface area contributed by atoms with Crippen LogP contribution in [-0.2, 0) is 9.53 Å². The molecule has 2 heterocycles. The quantitative estimate of drug-likeness (QED) is 0.691. The Labute approximate surface area is 177 Å². The predicted octanol–water partition coefficient (Wildman–Crippen LogP) is 4.78. The number of hydrogen-bond donors (Lipinski definition) is 0. The number of carbonyl (C=O) groups is 2. The Morgan fingerprint density at radius 1 is 1.18 bits per heavy atom. The van der Waals surface area contributed by atoms with Crippen LogP contribution in [0.1, 0.15) is 60.1 Å². The molecule has 8 heteroatoms. The summed E-state index contributed by atoms with van der Waals surface area (Å²) in [4.78, 5) is 30.3. The van der Waals surface area contributed by atoms with Gasteiger partial charge in [0.25, 0.3) is 0 Å². The first-order valence-corrected chi connectivity index (χ1v) is 10.9. The highest BCUT2D eigenvalue weighted by molar-refractivity contribution is 7.20. The highest BCUT2D eigenvalue weighted by Crippen LogP contribution is 2.41. The monoisotopic (exact) mass is 429 g/mol. The Hall–Kier alpha value is -1.47. The maximum Gasteiger partial charge on any atom is 0.410 e. The fraction of sp³-hybridized carbons (Fsp3) is 0.700. The average molecular weight is 430 g/mol. The van der Waals surface area contributed by atoms with Crippen LogP contribution in [0.3, 0.4) is 0 Å². The second kappa shape index (κ2) is 8.91. The normalized spacial score (nSPS) is 16.3. The minimum absolute atomic E-state index is 0.0468. The molecule has 1 aliphatic heterocycles. The third-order valence-electron chi connectivity index (χ3n) is 4.72. The zero-order valence-electron chi connectivity index (χ0n) is 17.9. The summed E-state index contributed by atoms with van der Waals surface area (Å²) >= 11 is 7.88. The lowest BCUT2D eigenvalue weighted by Gasteiger charge is -2.38. The Morgan fingerprint density at radius 2 is 1.75 bits per heavy atom. The molecule has 158 valence electrons. The largest absolute Gasteiger partial charge is 0.444 e. The third-order valence-corrected chi connectivity index (χ3v) is 6.06. The Bertz CT molecular complexity index is 706. The molecule has 1 aromatic rings. The maximum atomic E-state index is 12.3. The molecule has 0 unspecified atom stereocenters. The van der Waals surface area contributed by atoms with Gasteiger partial charge in [0.2, 0.25) is 5.91 Å². The first-order valence-electron chi connectivity index (χ1n) is 9.71. The van der Waals surface area contributed by atoms with Crippen molar-refractivity contribution < 1.29 is 14.3 Å². The number of carbonyl (C=O) groups excluding carboxylic acids is 2. The zero-order valence-corrected chi connectivity index (χ0v) is 19.5. The van der Waals surface area contributed by atoms with Gasteiger partial charge in [-0.25, -0.2) is 4.79 Å². The molecule has 2 amide bonds. The molecule has 0 spiro atoms. The van der Waals surface area contributed by atoms with Crippen molar-refractivity contribution in [1.82, 2.24) is 9.80 Å². The summed E-state index contributed by atoms with van der Waals surface area (Å²) in [5, 5.41) is 1.08. The van der Waals surface area contributed by atoms with Gasteiger partial charge in [0, 0.05) is 44.7 Å². The molecule has 0 bridgehead atoms. The highest BCUT2D eigenvalue weighted by atomic mass is 35.5. The maximum absolute atomic E-state index is 12.3. The number of piperazine rings is 1. The van der Waals surface area contributed by atoms with Crippen LogP contribution in [-0.4, -0.2) is 59.6 Å². The van der Waals surface area contributed by atoms with E-state index < -0.39 is 5.60 Å². The van der Waals surface area contributed by atoms with Crippen LogP contribution >= 0.6 is 22.9 Å². The van der Waals surface area contributed by atoms with Gasteiger partial charge in [0.05, 0.1) is 15.4 Å². The van der Waals surface area contributed by atoms with E-state index in [2.05, 4.69) is 4.90 Å². The van der Waals surface area contributed by atoms with Gasteiger partial charge in [-0.05, 0) is 47.6 Å². The van der Waals surface area contributed by atoms with Crippen molar-refractivity contribution in [3.63, 3.8) is 0 Å². The molecule has 6 nitrogen and oxygen atoms in total. The van der Waals surface area contributed by atoms with Crippen molar-refractivity contribution in [3.8, 4) is 0 Å². The Morgan fingerprint density at radius 3 is 2.21 bits per heavy atom. The van der Waals surface area contributed by atoms with Crippen molar-refractivity contribution in [2.75, 3.05) is 31.1 Å². The summed E-state index contributed by atoms with van der Waals surface area (Å²) in [5.41, 5.74) is 0.565. The smallest absolute Gasteiger partial charge is 0.410 e. The summed E-state index contributed by atoms with van der Waals surface area (Å²) < 4.78 is 6.18. The van der Waals surface area contributed by atoms with Gasteiger partial charge in [-0.2, -0.15) is 0 Å². The number of hydrogen-bond acceptors (Lipinski definition) is 5. The van der Waals surface area contributed by atoms with Crippen molar-refractivity contribution in [2.45, 2.75) is 66.2 Å². The van der Waals surface area contributed by atoms with Gasteiger partial charge in [-0.15, -0.1) is 11.3 Å². The molecule has 0 radical (unpaired) electrons. The van der Waals surface area contributed by atoms with Crippen LogP contribution in [0.25, 0.3) is 0 Å². The van der Waals surface area contributed by atoms with Gasteiger partial charge in [-0.3, -0.25) is 4.79 Å². The highest BCUT2D eigenvalue weighted by Gasteiger charge is 2.30. The molecular formula is C20H32ClN3O3S. The lowest BCUT2D eigenvalue weighted by Crippen LogP contribution is -2.50. The Balaban J connectivity index is 2.14. The van der Waals surface area contributed by atoms with E-state index in [9.17, 15) is 9.59 Å². The Kier molecular flexibility index (Phi) is 7.26. The minimum Gasteiger partial charge on any atom is -0.444 e. The SMILES string of the molecule is CC(=O)N(C(C)C)[C@@H](C)c1cc(Cl)sc1N1CCN(C(=O)OC(C)(C)C)CC1. The van der Waals surface area contributed by atoms with Crippen LogP contribution in [0.4, 0.5) is 9.80 Å². The van der Waals surface area contributed by atoms with Crippen LogP contribution in [0.15, 0.2) is 6.07 Å². The average Bonchev–Trinajstić information content (AvgIpc) is 2.94. The molecule has 1 atom stereocenters. The summed E-state index contributed by atoms with van der Waals surface area (Å²) in [7, 11) is 0. The summed E-state index contributed by atoms with van der Waals surface area (Å²) in [6.07, 6.45) is -0.271. The van der Waals surface area contributed by atoms with E-state index >= 15 is 0 Å². The van der Waals surface area contributed by atoms with E-state index in [1.807, 2.05) is 52.5 Å².